The molecular formula is C11H16N2O3. The fourth-order valence-corrected chi connectivity index (χ4v) is 2.06. The third kappa shape index (κ3) is 1.90. The molecule has 0 aromatic carbocycles. The molecule has 2 rings (SSSR count). The van der Waals surface area contributed by atoms with Crippen LogP contribution in [0.5, 0.6) is 0 Å². The monoisotopic (exact) mass is 224 g/mol. The lowest BCUT2D eigenvalue weighted by atomic mass is 10.1. The molecule has 5 heteroatoms. The van der Waals surface area contributed by atoms with Crippen molar-refractivity contribution in [3.8, 4) is 0 Å². The minimum absolute atomic E-state index is 0.199. The zero-order valence-electron chi connectivity index (χ0n) is 9.38. The SMILES string of the molecule is CNC(=O)N(O)C(C)C1CC1c1ccco1. The Morgan fingerprint density at radius 1 is 1.75 bits per heavy atom. The van der Waals surface area contributed by atoms with Gasteiger partial charge in [-0.3, -0.25) is 5.21 Å². The van der Waals surface area contributed by atoms with Crippen LogP contribution in [0.1, 0.15) is 25.0 Å². The number of carbonyl (C=O) groups is 1. The highest BCUT2D eigenvalue weighted by atomic mass is 16.5. The van der Waals surface area contributed by atoms with E-state index in [4.69, 9.17) is 4.42 Å². The normalized spacial score (nSPS) is 24.9. The molecule has 88 valence electrons. The van der Waals surface area contributed by atoms with E-state index in [2.05, 4.69) is 5.32 Å². The van der Waals surface area contributed by atoms with Crippen LogP contribution in [-0.2, 0) is 0 Å². The van der Waals surface area contributed by atoms with Gasteiger partial charge in [0.1, 0.15) is 5.76 Å². The van der Waals surface area contributed by atoms with Crippen LogP contribution in [0.25, 0.3) is 0 Å². The van der Waals surface area contributed by atoms with Crippen molar-refractivity contribution in [2.75, 3.05) is 7.05 Å². The van der Waals surface area contributed by atoms with Crippen LogP contribution in [-0.4, -0.2) is 29.4 Å². The van der Waals surface area contributed by atoms with Crippen LogP contribution in [0.15, 0.2) is 22.8 Å². The summed E-state index contributed by atoms with van der Waals surface area (Å²) in [5.41, 5.74) is 0. The van der Waals surface area contributed by atoms with Crippen LogP contribution >= 0.6 is 0 Å². The summed E-state index contributed by atoms with van der Waals surface area (Å²) in [6.07, 6.45) is 2.59. The van der Waals surface area contributed by atoms with Crippen molar-refractivity contribution in [3.63, 3.8) is 0 Å². The Morgan fingerprint density at radius 2 is 2.50 bits per heavy atom. The molecule has 3 unspecified atom stereocenters. The van der Waals surface area contributed by atoms with Crippen molar-refractivity contribution in [1.82, 2.24) is 10.4 Å². The molecule has 0 saturated heterocycles. The number of nitrogens with one attached hydrogen (secondary N) is 1. The van der Waals surface area contributed by atoms with E-state index in [1.54, 1.807) is 6.26 Å². The third-order valence-electron chi connectivity index (χ3n) is 3.18. The standard InChI is InChI=1S/C11H16N2O3/c1-7(13(15)11(14)12-2)8-6-9(8)10-4-3-5-16-10/h3-5,7-9,15H,6H2,1-2H3,(H,12,14). The Labute approximate surface area is 94.0 Å². The molecule has 0 spiro atoms. The minimum atomic E-state index is -0.474. The number of amides is 2. The lowest BCUT2D eigenvalue weighted by Crippen LogP contribution is -2.42. The van der Waals surface area contributed by atoms with E-state index in [-0.39, 0.29) is 12.0 Å². The van der Waals surface area contributed by atoms with Crippen LogP contribution in [0.3, 0.4) is 0 Å². The topological polar surface area (TPSA) is 65.7 Å². The molecule has 1 aromatic rings. The maximum Gasteiger partial charge on any atom is 0.341 e. The molecule has 16 heavy (non-hydrogen) atoms. The number of furan rings is 1. The molecule has 5 nitrogen and oxygen atoms in total. The molecule has 0 aliphatic heterocycles. The van der Waals surface area contributed by atoms with Gasteiger partial charge in [0.2, 0.25) is 0 Å². The number of urea groups is 1. The molecule has 2 N–H and O–H groups in total. The van der Waals surface area contributed by atoms with Gasteiger partial charge in [0.05, 0.1) is 12.3 Å². The van der Waals surface area contributed by atoms with Crippen molar-refractivity contribution in [3.05, 3.63) is 24.2 Å². The van der Waals surface area contributed by atoms with Gasteiger partial charge in [-0.2, -0.15) is 0 Å². The number of carbonyl (C=O) groups excluding carboxylic acids is 1. The van der Waals surface area contributed by atoms with Gasteiger partial charge in [-0.25, -0.2) is 9.86 Å². The third-order valence-corrected chi connectivity index (χ3v) is 3.18. The molecule has 1 fully saturated rings. The van der Waals surface area contributed by atoms with E-state index < -0.39 is 6.03 Å². The van der Waals surface area contributed by atoms with Gasteiger partial charge in [0.25, 0.3) is 0 Å². The van der Waals surface area contributed by atoms with Crippen molar-refractivity contribution >= 4 is 6.03 Å². The second-order valence-corrected chi connectivity index (χ2v) is 4.16. The summed E-state index contributed by atoms with van der Waals surface area (Å²) in [6.45, 7) is 1.84. The quantitative estimate of drug-likeness (QED) is 0.607. The Hall–Kier alpha value is -1.49. The van der Waals surface area contributed by atoms with Crippen molar-refractivity contribution < 1.29 is 14.4 Å². The molecule has 1 aliphatic rings. The fraction of sp³-hybridized carbons (Fsp3) is 0.545. The predicted octanol–water partition coefficient (Wildman–Crippen LogP) is 1.80. The lowest BCUT2D eigenvalue weighted by molar-refractivity contribution is -0.0788. The van der Waals surface area contributed by atoms with E-state index in [0.717, 1.165) is 17.2 Å². The molecule has 1 heterocycles. The van der Waals surface area contributed by atoms with Gasteiger partial charge in [-0.05, 0) is 31.4 Å². The number of hydroxylamine groups is 2. The van der Waals surface area contributed by atoms with Crippen LogP contribution < -0.4 is 5.32 Å². The molecular weight excluding hydrogens is 208 g/mol. The smallest absolute Gasteiger partial charge is 0.341 e. The van der Waals surface area contributed by atoms with Gasteiger partial charge in [0.15, 0.2) is 0 Å². The summed E-state index contributed by atoms with van der Waals surface area (Å²) in [6, 6.07) is 3.11. The highest BCUT2D eigenvalue weighted by Gasteiger charge is 2.46. The molecule has 0 bridgehead atoms. The first kappa shape index (κ1) is 11.0. The van der Waals surface area contributed by atoms with Crippen molar-refractivity contribution in [2.45, 2.75) is 25.3 Å². The summed E-state index contributed by atoms with van der Waals surface area (Å²) in [4.78, 5) is 11.2. The number of rotatable bonds is 3. The predicted molar refractivity (Wildman–Crippen MR) is 57.1 cm³/mol. The average molecular weight is 224 g/mol. The zero-order chi connectivity index (χ0) is 11.7. The van der Waals surface area contributed by atoms with Gasteiger partial charge in [-0.15, -0.1) is 0 Å². The molecule has 2 amide bonds. The van der Waals surface area contributed by atoms with E-state index in [1.807, 2.05) is 19.1 Å². The highest BCUT2D eigenvalue weighted by Crippen LogP contribution is 2.50. The van der Waals surface area contributed by atoms with Gasteiger partial charge >= 0.3 is 6.03 Å². The molecule has 3 atom stereocenters. The average Bonchev–Trinajstić information content (AvgIpc) is 2.92. The summed E-state index contributed by atoms with van der Waals surface area (Å²) < 4.78 is 5.30. The summed E-state index contributed by atoms with van der Waals surface area (Å²) in [7, 11) is 1.50. The maximum atomic E-state index is 11.2. The number of hydrogen-bond acceptors (Lipinski definition) is 3. The Balaban J connectivity index is 1.94. The first-order valence-corrected chi connectivity index (χ1v) is 5.38. The van der Waals surface area contributed by atoms with Gasteiger partial charge in [-0.1, -0.05) is 0 Å². The summed E-state index contributed by atoms with van der Waals surface area (Å²) >= 11 is 0. The highest BCUT2D eigenvalue weighted by molar-refractivity contribution is 5.72. The Kier molecular flexibility index (Phi) is 2.87. The zero-order valence-corrected chi connectivity index (χ0v) is 9.38. The summed E-state index contributed by atoms with van der Waals surface area (Å²) in [5.74, 6) is 1.53. The molecule has 0 radical (unpaired) electrons. The number of nitrogens with zero attached hydrogens (tertiary/aromatic N) is 1. The molecule has 1 saturated carbocycles. The second kappa shape index (κ2) is 4.17. The van der Waals surface area contributed by atoms with Crippen LogP contribution in [0.2, 0.25) is 0 Å². The van der Waals surface area contributed by atoms with E-state index in [9.17, 15) is 10.0 Å². The summed E-state index contributed by atoms with van der Waals surface area (Å²) in [5, 5.41) is 12.8. The van der Waals surface area contributed by atoms with Crippen LogP contribution in [0.4, 0.5) is 4.79 Å². The first-order valence-electron chi connectivity index (χ1n) is 5.38. The lowest BCUT2D eigenvalue weighted by Gasteiger charge is -2.21. The van der Waals surface area contributed by atoms with Crippen molar-refractivity contribution in [2.24, 2.45) is 5.92 Å². The Morgan fingerprint density at radius 3 is 3.06 bits per heavy atom. The number of hydrogen-bond donors (Lipinski definition) is 2. The van der Waals surface area contributed by atoms with Gasteiger partial charge < -0.3 is 9.73 Å². The van der Waals surface area contributed by atoms with E-state index >= 15 is 0 Å². The minimum Gasteiger partial charge on any atom is -0.469 e. The van der Waals surface area contributed by atoms with Crippen LogP contribution in [0, 0.1) is 5.92 Å². The molecule has 1 aromatic heterocycles. The van der Waals surface area contributed by atoms with E-state index in [0.29, 0.717) is 5.92 Å². The van der Waals surface area contributed by atoms with Crippen molar-refractivity contribution in [1.29, 1.82) is 0 Å². The van der Waals surface area contributed by atoms with Gasteiger partial charge in [0, 0.05) is 13.0 Å². The fourth-order valence-electron chi connectivity index (χ4n) is 2.06. The second-order valence-electron chi connectivity index (χ2n) is 4.16. The van der Waals surface area contributed by atoms with E-state index in [1.165, 1.54) is 7.05 Å². The maximum absolute atomic E-state index is 11.2. The largest absolute Gasteiger partial charge is 0.469 e. The molecule has 1 aliphatic carbocycles. The first-order chi connectivity index (χ1) is 7.65. The Bertz CT molecular complexity index is 363.